The lowest BCUT2D eigenvalue weighted by molar-refractivity contribution is -0.142. The summed E-state index contributed by atoms with van der Waals surface area (Å²) < 4.78 is 0. The molecule has 3 N–H and O–H groups in total. The predicted molar refractivity (Wildman–Crippen MR) is 67.7 cm³/mol. The first-order valence-electron chi connectivity index (χ1n) is 6.11. The highest BCUT2D eigenvalue weighted by Crippen LogP contribution is 2.19. The molecule has 0 spiro atoms. The Balaban J connectivity index is 2.02. The predicted octanol–water partition coefficient (Wildman–Crippen LogP) is -0.442. The second-order valence-corrected chi connectivity index (χ2v) is 5.68. The zero-order valence-corrected chi connectivity index (χ0v) is 10.7. The standard InChI is InChI=1S/C11H19N3O2S/c12-10(15)9-3-1-2-5-14(9)11(16)8-7-17-6-4-13-8/h8-9,13H,1-7H2,(H2,12,15). The van der Waals surface area contributed by atoms with Gasteiger partial charge in [-0.15, -0.1) is 0 Å². The number of likely N-dealkylation sites (tertiary alicyclic amines) is 1. The highest BCUT2D eigenvalue weighted by Gasteiger charge is 2.34. The van der Waals surface area contributed by atoms with Crippen LogP contribution in [-0.2, 0) is 9.59 Å². The summed E-state index contributed by atoms with van der Waals surface area (Å²) in [5, 5.41) is 3.21. The van der Waals surface area contributed by atoms with Crippen LogP contribution in [0.5, 0.6) is 0 Å². The molecule has 0 saturated carbocycles. The third kappa shape index (κ3) is 2.93. The summed E-state index contributed by atoms with van der Waals surface area (Å²) in [6.45, 7) is 1.52. The van der Waals surface area contributed by atoms with Crippen LogP contribution in [-0.4, -0.2) is 53.4 Å². The van der Waals surface area contributed by atoms with E-state index in [0.29, 0.717) is 13.0 Å². The van der Waals surface area contributed by atoms with Crippen molar-refractivity contribution in [2.75, 3.05) is 24.6 Å². The average Bonchev–Trinajstić information content (AvgIpc) is 2.39. The fraction of sp³-hybridized carbons (Fsp3) is 0.818. The number of carbonyl (C=O) groups excluding carboxylic acids is 2. The Morgan fingerprint density at radius 1 is 1.35 bits per heavy atom. The van der Waals surface area contributed by atoms with Gasteiger partial charge in [0, 0.05) is 24.6 Å². The van der Waals surface area contributed by atoms with E-state index in [-0.39, 0.29) is 17.9 Å². The maximum absolute atomic E-state index is 12.3. The summed E-state index contributed by atoms with van der Waals surface area (Å²) in [6.07, 6.45) is 2.65. The second kappa shape index (κ2) is 5.73. The molecule has 0 aromatic rings. The van der Waals surface area contributed by atoms with Crippen LogP contribution < -0.4 is 11.1 Å². The van der Waals surface area contributed by atoms with Crippen LogP contribution >= 0.6 is 11.8 Å². The Labute approximate surface area is 105 Å². The van der Waals surface area contributed by atoms with Crippen LogP contribution in [0.25, 0.3) is 0 Å². The van der Waals surface area contributed by atoms with Gasteiger partial charge in [-0.3, -0.25) is 9.59 Å². The zero-order valence-electron chi connectivity index (χ0n) is 9.85. The third-order valence-corrected chi connectivity index (χ3v) is 4.40. The van der Waals surface area contributed by atoms with Gasteiger partial charge in [-0.2, -0.15) is 11.8 Å². The molecule has 2 heterocycles. The van der Waals surface area contributed by atoms with Gasteiger partial charge < -0.3 is 16.0 Å². The van der Waals surface area contributed by atoms with Crippen molar-refractivity contribution in [2.24, 2.45) is 5.73 Å². The molecule has 2 saturated heterocycles. The highest BCUT2D eigenvalue weighted by atomic mass is 32.2. The Kier molecular flexibility index (Phi) is 4.28. The van der Waals surface area contributed by atoms with E-state index < -0.39 is 6.04 Å². The van der Waals surface area contributed by atoms with Crippen molar-refractivity contribution in [1.29, 1.82) is 0 Å². The lowest BCUT2D eigenvalue weighted by Crippen LogP contribution is -2.57. The van der Waals surface area contributed by atoms with Gasteiger partial charge in [0.2, 0.25) is 11.8 Å². The molecule has 6 heteroatoms. The molecule has 2 aliphatic heterocycles. The van der Waals surface area contributed by atoms with Gasteiger partial charge in [0.25, 0.3) is 0 Å². The van der Waals surface area contributed by atoms with E-state index in [1.54, 1.807) is 16.7 Å². The van der Waals surface area contributed by atoms with Crippen molar-refractivity contribution in [3.8, 4) is 0 Å². The average molecular weight is 257 g/mol. The Bertz CT molecular complexity index is 305. The van der Waals surface area contributed by atoms with Gasteiger partial charge in [0.05, 0.1) is 6.04 Å². The van der Waals surface area contributed by atoms with Crippen molar-refractivity contribution < 1.29 is 9.59 Å². The zero-order chi connectivity index (χ0) is 12.3. The number of carbonyl (C=O) groups is 2. The van der Waals surface area contributed by atoms with Gasteiger partial charge in [0.15, 0.2) is 0 Å². The summed E-state index contributed by atoms with van der Waals surface area (Å²) in [6, 6.07) is -0.543. The number of nitrogens with one attached hydrogen (secondary N) is 1. The number of amides is 2. The molecule has 5 nitrogen and oxygen atoms in total. The fourth-order valence-electron chi connectivity index (χ4n) is 2.42. The number of thioether (sulfide) groups is 1. The monoisotopic (exact) mass is 257 g/mol. The smallest absolute Gasteiger partial charge is 0.241 e. The van der Waals surface area contributed by atoms with Gasteiger partial charge in [0.1, 0.15) is 6.04 Å². The van der Waals surface area contributed by atoms with E-state index in [1.165, 1.54) is 0 Å². The number of nitrogens with zero attached hydrogens (tertiary/aromatic N) is 1. The lowest BCUT2D eigenvalue weighted by atomic mass is 10.0. The van der Waals surface area contributed by atoms with Crippen LogP contribution in [0.1, 0.15) is 19.3 Å². The molecule has 0 bridgehead atoms. The molecule has 2 fully saturated rings. The molecule has 0 radical (unpaired) electrons. The molecule has 96 valence electrons. The van der Waals surface area contributed by atoms with E-state index in [2.05, 4.69) is 5.32 Å². The van der Waals surface area contributed by atoms with Crippen LogP contribution in [0.3, 0.4) is 0 Å². The first-order valence-corrected chi connectivity index (χ1v) is 7.26. The topological polar surface area (TPSA) is 75.4 Å². The second-order valence-electron chi connectivity index (χ2n) is 4.53. The molecule has 0 aromatic heterocycles. The summed E-state index contributed by atoms with van der Waals surface area (Å²) >= 11 is 1.78. The summed E-state index contributed by atoms with van der Waals surface area (Å²) in [5.41, 5.74) is 5.37. The maximum atomic E-state index is 12.3. The highest BCUT2D eigenvalue weighted by molar-refractivity contribution is 7.99. The molecule has 2 unspecified atom stereocenters. The van der Waals surface area contributed by atoms with Crippen LogP contribution in [0, 0.1) is 0 Å². The quantitative estimate of drug-likeness (QED) is 0.703. The first kappa shape index (κ1) is 12.7. The maximum Gasteiger partial charge on any atom is 0.241 e. The minimum atomic E-state index is -0.398. The lowest BCUT2D eigenvalue weighted by Gasteiger charge is -2.37. The van der Waals surface area contributed by atoms with Gasteiger partial charge >= 0.3 is 0 Å². The Morgan fingerprint density at radius 2 is 2.18 bits per heavy atom. The molecule has 2 aliphatic rings. The number of primary amides is 1. The SMILES string of the molecule is NC(=O)C1CCCCN1C(=O)C1CSCCN1. The summed E-state index contributed by atoms with van der Waals surface area (Å²) in [5.74, 6) is 1.51. The normalized spacial score (nSPS) is 30.0. The molecule has 2 atom stereocenters. The molecule has 2 amide bonds. The van der Waals surface area contributed by atoms with E-state index in [0.717, 1.165) is 30.9 Å². The Hall–Kier alpha value is -0.750. The largest absolute Gasteiger partial charge is 0.368 e. The van der Waals surface area contributed by atoms with Gasteiger partial charge in [-0.25, -0.2) is 0 Å². The molecule has 2 rings (SSSR count). The van der Waals surface area contributed by atoms with Crippen molar-refractivity contribution in [3.05, 3.63) is 0 Å². The molecular weight excluding hydrogens is 238 g/mol. The van der Waals surface area contributed by atoms with Crippen LogP contribution in [0.15, 0.2) is 0 Å². The summed E-state index contributed by atoms with van der Waals surface area (Å²) in [4.78, 5) is 25.3. The van der Waals surface area contributed by atoms with E-state index in [4.69, 9.17) is 5.73 Å². The fourth-order valence-corrected chi connectivity index (χ4v) is 3.34. The number of hydrogen-bond donors (Lipinski definition) is 2. The van der Waals surface area contributed by atoms with E-state index >= 15 is 0 Å². The van der Waals surface area contributed by atoms with Gasteiger partial charge in [-0.05, 0) is 19.3 Å². The number of hydrogen-bond acceptors (Lipinski definition) is 4. The van der Waals surface area contributed by atoms with E-state index in [1.807, 2.05) is 0 Å². The van der Waals surface area contributed by atoms with Crippen LogP contribution in [0.4, 0.5) is 0 Å². The number of piperidine rings is 1. The number of rotatable bonds is 2. The third-order valence-electron chi connectivity index (χ3n) is 3.33. The minimum Gasteiger partial charge on any atom is -0.368 e. The van der Waals surface area contributed by atoms with Crippen molar-refractivity contribution in [3.63, 3.8) is 0 Å². The van der Waals surface area contributed by atoms with Gasteiger partial charge in [-0.1, -0.05) is 0 Å². The molecule has 17 heavy (non-hydrogen) atoms. The van der Waals surface area contributed by atoms with Crippen molar-refractivity contribution in [2.45, 2.75) is 31.3 Å². The van der Waals surface area contributed by atoms with E-state index in [9.17, 15) is 9.59 Å². The molecule has 0 aromatic carbocycles. The number of nitrogens with two attached hydrogens (primary N) is 1. The van der Waals surface area contributed by atoms with Crippen molar-refractivity contribution >= 4 is 23.6 Å². The summed E-state index contributed by atoms with van der Waals surface area (Å²) in [7, 11) is 0. The minimum absolute atomic E-state index is 0.0423. The van der Waals surface area contributed by atoms with Crippen LogP contribution in [0.2, 0.25) is 0 Å². The van der Waals surface area contributed by atoms with Crippen molar-refractivity contribution in [1.82, 2.24) is 10.2 Å². The first-order chi connectivity index (χ1) is 8.20. The Morgan fingerprint density at radius 3 is 2.82 bits per heavy atom. The molecule has 0 aliphatic carbocycles. The molecular formula is C11H19N3O2S.